The molecular weight excluding hydrogens is 220 g/mol. The fraction of sp³-hybridized carbons (Fsp3) is 0.538. The van der Waals surface area contributed by atoms with Crippen LogP contribution in [-0.2, 0) is 4.79 Å². The third-order valence-electron chi connectivity index (χ3n) is 3.60. The number of aliphatic carboxylic acids is 1. The molecule has 3 heteroatoms. The number of carbonyl (C=O) groups is 1. The number of carboxylic acids is 1. The summed E-state index contributed by atoms with van der Waals surface area (Å²) < 4.78 is 0. The SMILES string of the molecule is O=C(O)C(C1CCCC1)C1C=CC=CC1=S. The predicted molar refractivity (Wildman–Crippen MR) is 67.5 cm³/mol. The summed E-state index contributed by atoms with van der Waals surface area (Å²) in [6, 6.07) is 0. The van der Waals surface area contributed by atoms with E-state index in [9.17, 15) is 9.90 Å². The lowest BCUT2D eigenvalue weighted by Crippen LogP contribution is -2.33. The van der Waals surface area contributed by atoms with E-state index in [0.29, 0.717) is 5.92 Å². The van der Waals surface area contributed by atoms with Gasteiger partial charge in [-0.3, -0.25) is 4.79 Å². The summed E-state index contributed by atoms with van der Waals surface area (Å²) in [5, 5.41) is 9.39. The van der Waals surface area contributed by atoms with Crippen molar-refractivity contribution < 1.29 is 9.90 Å². The molecule has 0 aromatic heterocycles. The summed E-state index contributed by atoms with van der Waals surface area (Å²) in [5.41, 5.74) is 0. The van der Waals surface area contributed by atoms with E-state index in [1.54, 1.807) is 0 Å². The minimum atomic E-state index is -0.695. The molecule has 2 aliphatic rings. The van der Waals surface area contributed by atoms with Crippen LogP contribution in [0.3, 0.4) is 0 Å². The van der Waals surface area contributed by atoms with E-state index in [2.05, 4.69) is 0 Å². The summed E-state index contributed by atoms with van der Waals surface area (Å²) in [6.07, 6.45) is 12.0. The average molecular weight is 236 g/mol. The van der Waals surface area contributed by atoms with Gasteiger partial charge in [-0.15, -0.1) is 0 Å². The second-order valence-corrected chi connectivity index (χ2v) is 5.05. The molecule has 86 valence electrons. The van der Waals surface area contributed by atoms with Gasteiger partial charge in [0.25, 0.3) is 0 Å². The predicted octanol–water partition coefficient (Wildman–Crippen LogP) is 2.99. The molecule has 0 aromatic carbocycles. The van der Waals surface area contributed by atoms with E-state index in [4.69, 9.17) is 12.2 Å². The number of hydrogen-bond donors (Lipinski definition) is 1. The zero-order valence-electron chi connectivity index (χ0n) is 9.13. The largest absolute Gasteiger partial charge is 0.481 e. The fourth-order valence-corrected chi connectivity index (χ4v) is 3.11. The summed E-state index contributed by atoms with van der Waals surface area (Å²) >= 11 is 5.26. The van der Waals surface area contributed by atoms with Gasteiger partial charge in [-0.2, -0.15) is 0 Å². The third kappa shape index (κ3) is 2.24. The van der Waals surface area contributed by atoms with Crippen LogP contribution in [0.25, 0.3) is 0 Å². The molecular formula is C13H16O2S. The summed E-state index contributed by atoms with van der Waals surface area (Å²) in [6.45, 7) is 0. The number of carboxylic acid groups (broad SMARTS) is 1. The molecule has 2 atom stereocenters. The maximum Gasteiger partial charge on any atom is 0.307 e. The molecule has 1 N–H and O–H groups in total. The Kier molecular flexibility index (Phi) is 3.54. The maximum atomic E-state index is 11.4. The Morgan fingerprint density at radius 1 is 1.38 bits per heavy atom. The molecule has 0 aliphatic heterocycles. The van der Waals surface area contributed by atoms with Gasteiger partial charge in [0.15, 0.2) is 0 Å². The monoisotopic (exact) mass is 236 g/mol. The van der Waals surface area contributed by atoms with Crippen LogP contribution in [-0.4, -0.2) is 15.9 Å². The van der Waals surface area contributed by atoms with Gasteiger partial charge in [-0.25, -0.2) is 0 Å². The van der Waals surface area contributed by atoms with Gasteiger partial charge in [-0.05, 0) is 24.8 Å². The number of rotatable bonds is 3. The second kappa shape index (κ2) is 4.91. The minimum absolute atomic E-state index is 0.0828. The number of hydrogen-bond acceptors (Lipinski definition) is 2. The van der Waals surface area contributed by atoms with Gasteiger partial charge < -0.3 is 5.11 Å². The zero-order chi connectivity index (χ0) is 11.5. The van der Waals surface area contributed by atoms with Crippen LogP contribution >= 0.6 is 12.2 Å². The van der Waals surface area contributed by atoms with Crippen molar-refractivity contribution in [1.82, 2.24) is 0 Å². The molecule has 0 amide bonds. The molecule has 2 unspecified atom stereocenters. The van der Waals surface area contributed by atoms with Gasteiger partial charge in [0.2, 0.25) is 0 Å². The van der Waals surface area contributed by atoms with Crippen molar-refractivity contribution in [3.8, 4) is 0 Å². The molecule has 1 saturated carbocycles. The van der Waals surface area contributed by atoms with E-state index >= 15 is 0 Å². The van der Waals surface area contributed by atoms with Gasteiger partial charge in [-0.1, -0.05) is 43.3 Å². The minimum Gasteiger partial charge on any atom is -0.481 e. The van der Waals surface area contributed by atoms with E-state index < -0.39 is 5.97 Å². The van der Waals surface area contributed by atoms with Crippen molar-refractivity contribution >= 4 is 23.1 Å². The summed E-state index contributed by atoms with van der Waals surface area (Å²) in [4.78, 5) is 12.2. The van der Waals surface area contributed by atoms with Crippen LogP contribution < -0.4 is 0 Å². The van der Waals surface area contributed by atoms with Crippen LogP contribution in [0.15, 0.2) is 24.3 Å². The normalized spacial score (nSPS) is 27.2. The van der Waals surface area contributed by atoms with Crippen molar-refractivity contribution in [3.63, 3.8) is 0 Å². The number of thiocarbonyl (C=S) groups is 1. The highest BCUT2D eigenvalue weighted by Gasteiger charge is 2.37. The smallest absolute Gasteiger partial charge is 0.307 e. The van der Waals surface area contributed by atoms with Crippen molar-refractivity contribution in [2.45, 2.75) is 25.7 Å². The molecule has 2 rings (SSSR count). The van der Waals surface area contributed by atoms with Crippen molar-refractivity contribution in [2.24, 2.45) is 17.8 Å². The average Bonchev–Trinajstić information content (AvgIpc) is 2.74. The molecule has 1 fully saturated rings. The highest BCUT2D eigenvalue weighted by molar-refractivity contribution is 7.80. The third-order valence-corrected chi connectivity index (χ3v) is 4.01. The second-order valence-electron chi connectivity index (χ2n) is 4.58. The maximum absolute atomic E-state index is 11.4. The lowest BCUT2D eigenvalue weighted by atomic mass is 9.77. The molecule has 0 radical (unpaired) electrons. The Labute approximate surface area is 101 Å². The first-order valence-electron chi connectivity index (χ1n) is 5.81. The van der Waals surface area contributed by atoms with Crippen LogP contribution in [0.1, 0.15) is 25.7 Å². The fourth-order valence-electron chi connectivity index (χ4n) is 2.80. The molecule has 0 bridgehead atoms. The van der Waals surface area contributed by atoms with Gasteiger partial charge in [0.05, 0.1) is 5.92 Å². The standard InChI is InChI=1S/C13H16O2S/c14-13(15)12(9-5-1-2-6-9)10-7-3-4-8-11(10)16/h3-4,7-10,12H,1-2,5-6H2,(H,14,15). The van der Waals surface area contributed by atoms with E-state index in [0.717, 1.165) is 30.5 Å². The molecule has 0 saturated heterocycles. The highest BCUT2D eigenvalue weighted by atomic mass is 32.1. The van der Waals surface area contributed by atoms with Gasteiger partial charge in [0.1, 0.15) is 0 Å². The van der Waals surface area contributed by atoms with E-state index in [-0.39, 0.29) is 11.8 Å². The number of allylic oxidation sites excluding steroid dienone is 4. The molecule has 0 heterocycles. The lowest BCUT2D eigenvalue weighted by Gasteiger charge is -2.27. The summed E-state index contributed by atoms with van der Waals surface area (Å²) in [7, 11) is 0. The van der Waals surface area contributed by atoms with E-state index in [1.165, 1.54) is 0 Å². The Morgan fingerprint density at radius 2 is 2.06 bits per heavy atom. The van der Waals surface area contributed by atoms with Crippen LogP contribution in [0.2, 0.25) is 0 Å². The molecule has 0 aromatic rings. The van der Waals surface area contributed by atoms with E-state index in [1.807, 2.05) is 24.3 Å². The van der Waals surface area contributed by atoms with Gasteiger partial charge >= 0.3 is 5.97 Å². The topological polar surface area (TPSA) is 37.3 Å². The van der Waals surface area contributed by atoms with Crippen LogP contribution in [0, 0.1) is 17.8 Å². The molecule has 16 heavy (non-hydrogen) atoms. The van der Waals surface area contributed by atoms with Crippen LogP contribution in [0.5, 0.6) is 0 Å². The molecule has 2 aliphatic carbocycles. The van der Waals surface area contributed by atoms with Crippen molar-refractivity contribution in [1.29, 1.82) is 0 Å². The Morgan fingerprint density at radius 3 is 2.62 bits per heavy atom. The first kappa shape index (κ1) is 11.5. The Hall–Kier alpha value is -0.960. The van der Waals surface area contributed by atoms with Gasteiger partial charge in [0, 0.05) is 10.8 Å². The summed E-state index contributed by atoms with van der Waals surface area (Å²) in [5.74, 6) is -0.799. The first-order chi connectivity index (χ1) is 7.70. The van der Waals surface area contributed by atoms with Crippen LogP contribution in [0.4, 0.5) is 0 Å². The molecule has 0 spiro atoms. The molecule has 2 nitrogen and oxygen atoms in total. The van der Waals surface area contributed by atoms with Crippen molar-refractivity contribution in [2.75, 3.05) is 0 Å². The zero-order valence-corrected chi connectivity index (χ0v) is 9.95. The Bertz CT molecular complexity index is 351. The highest BCUT2D eigenvalue weighted by Crippen LogP contribution is 2.37. The quantitative estimate of drug-likeness (QED) is 0.765. The Balaban J connectivity index is 2.18. The van der Waals surface area contributed by atoms with Crippen molar-refractivity contribution in [3.05, 3.63) is 24.3 Å². The lowest BCUT2D eigenvalue weighted by molar-refractivity contribution is -0.144. The first-order valence-corrected chi connectivity index (χ1v) is 6.22.